The second-order valence-corrected chi connectivity index (χ2v) is 13.5. The molecule has 7 heteroatoms. The third-order valence-electron chi connectivity index (χ3n) is 7.95. The highest BCUT2D eigenvalue weighted by atomic mass is 32.1. The van der Waals surface area contributed by atoms with E-state index in [1.54, 1.807) is 25.2 Å². The van der Waals surface area contributed by atoms with Gasteiger partial charge < -0.3 is 14.8 Å². The number of carbonyl (C=O) groups is 2. The van der Waals surface area contributed by atoms with Crippen molar-refractivity contribution in [1.29, 1.82) is 0 Å². The van der Waals surface area contributed by atoms with Gasteiger partial charge in [0.1, 0.15) is 17.4 Å². The van der Waals surface area contributed by atoms with Crippen LogP contribution < -0.4 is 10.1 Å². The Kier molecular flexibility index (Phi) is 13.0. The van der Waals surface area contributed by atoms with Crippen LogP contribution in [-0.4, -0.2) is 23.5 Å². The van der Waals surface area contributed by atoms with Crippen LogP contribution in [0.5, 0.6) is 5.75 Å². The fourth-order valence-corrected chi connectivity index (χ4v) is 6.92. The minimum Gasteiger partial charge on any atom is -0.489 e. The molecule has 1 aromatic heterocycles. The predicted octanol–water partition coefficient (Wildman–Crippen LogP) is 8.81. The fraction of sp³-hybridized carbons (Fsp3) is 0.447. The van der Waals surface area contributed by atoms with E-state index in [0.29, 0.717) is 31.1 Å². The molecule has 2 aromatic carbocycles. The zero-order valence-corrected chi connectivity index (χ0v) is 28.3. The number of ether oxygens (including phenoxy) is 2. The van der Waals surface area contributed by atoms with E-state index in [0.717, 1.165) is 65.3 Å². The Balaban J connectivity index is 1.59. The Labute approximate surface area is 273 Å². The first-order chi connectivity index (χ1) is 21.7. The average molecular weight is 629 g/mol. The molecule has 0 spiro atoms. The molecule has 6 nitrogen and oxygen atoms in total. The molecule has 0 aliphatic heterocycles. The standard InChI is InChI=1S/C38H48N2O4S/c1-6-43-38(42)28(5)22-27(4)23-33-35(21-26(2)3)45-37(40-33)34(39-36(41)31-15-11-8-12-16-31)24-29-17-19-32(20-18-29)44-25-30-13-9-7-10-14-30/h7,9-10,13-14,17-20,22-23,26,31,34H,6,8,11-12,15-16,21,24-25H2,1-5H3,(H,39,41)/b27-23+,28-22-/t34-/m1/s1. The third-order valence-corrected chi connectivity index (χ3v) is 9.15. The summed E-state index contributed by atoms with van der Waals surface area (Å²) < 4.78 is 11.2. The highest BCUT2D eigenvalue weighted by Crippen LogP contribution is 2.32. The molecule has 1 aliphatic carbocycles. The van der Waals surface area contributed by atoms with Gasteiger partial charge in [0.05, 0.1) is 18.3 Å². The molecule has 3 aromatic rings. The third kappa shape index (κ3) is 10.7. The molecule has 1 N–H and O–H groups in total. The average Bonchev–Trinajstić information content (AvgIpc) is 3.42. The molecule has 1 heterocycles. The monoisotopic (exact) mass is 628 g/mol. The first-order valence-electron chi connectivity index (χ1n) is 16.3. The van der Waals surface area contributed by atoms with Crippen molar-refractivity contribution in [1.82, 2.24) is 10.3 Å². The number of esters is 1. The van der Waals surface area contributed by atoms with Crippen molar-refractivity contribution in [3.8, 4) is 5.75 Å². The summed E-state index contributed by atoms with van der Waals surface area (Å²) in [6.07, 6.45) is 10.7. The van der Waals surface area contributed by atoms with Gasteiger partial charge in [-0.3, -0.25) is 4.79 Å². The van der Waals surface area contributed by atoms with Crippen molar-refractivity contribution in [2.75, 3.05) is 6.61 Å². The maximum absolute atomic E-state index is 13.5. The lowest BCUT2D eigenvalue weighted by Gasteiger charge is -2.24. The summed E-state index contributed by atoms with van der Waals surface area (Å²) in [6, 6.07) is 18.0. The number of allylic oxidation sites excluding steroid dienone is 2. The first kappa shape index (κ1) is 34.2. The lowest BCUT2D eigenvalue weighted by molar-refractivity contribution is -0.138. The number of hydrogen-bond donors (Lipinski definition) is 1. The smallest absolute Gasteiger partial charge is 0.333 e. The Morgan fingerprint density at radius 3 is 2.36 bits per heavy atom. The van der Waals surface area contributed by atoms with E-state index in [4.69, 9.17) is 14.5 Å². The second kappa shape index (κ2) is 17.1. The SMILES string of the molecule is CCOC(=O)/C(C)=C\C(C)=C\c1nc([C@@H](Cc2ccc(OCc3ccccc3)cc2)NC(=O)C2CCCCC2)sc1CC(C)C. The van der Waals surface area contributed by atoms with E-state index in [1.165, 1.54) is 11.3 Å². The lowest BCUT2D eigenvalue weighted by Crippen LogP contribution is -2.35. The molecule has 45 heavy (non-hydrogen) atoms. The predicted molar refractivity (Wildman–Crippen MR) is 183 cm³/mol. The van der Waals surface area contributed by atoms with Gasteiger partial charge in [-0.25, -0.2) is 9.78 Å². The molecule has 0 saturated heterocycles. The zero-order valence-electron chi connectivity index (χ0n) is 27.4. The van der Waals surface area contributed by atoms with E-state index in [2.05, 4.69) is 43.4 Å². The zero-order chi connectivity index (χ0) is 32.2. The minimum atomic E-state index is -0.311. The van der Waals surface area contributed by atoms with Gasteiger partial charge in [0.15, 0.2) is 0 Å². The Hall–Kier alpha value is -3.71. The van der Waals surface area contributed by atoms with E-state index in [9.17, 15) is 9.59 Å². The number of hydrogen-bond acceptors (Lipinski definition) is 6. The van der Waals surface area contributed by atoms with Crippen LogP contribution in [0.4, 0.5) is 0 Å². The van der Waals surface area contributed by atoms with Crippen molar-refractivity contribution in [3.63, 3.8) is 0 Å². The molecule has 1 fully saturated rings. The van der Waals surface area contributed by atoms with E-state index < -0.39 is 0 Å². The van der Waals surface area contributed by atoms with Crippen LogP contribution >= 0.6 is 11.3 Å². The van der Waals surface area contributed by atoms with Gasteiger partial charge in [-0.05, 0) is 93.4 Å². The Bertz CT molecular complexity index is 1450. The van der Waals surface area contributed by atoms with Crippen LogP contribution in [0.2, 0.25) is 0 Å². The van der Waals surface area contributed by atoms with E-state index >= 15 is 0 Å². The maximum atomic E-state index is 13.5. The van der Waals surface area contributed by atoms with Gasteiger partial charge in [-0.1, -0.05) is 75.6 Å². The number of carbonyl (C=O) groups excluding carboxylic acids is 2. The summed E-state index contributed by atoms with van der Waals surface area (Å²) in [5, 5.41) is 4.31. The largest absolute Gasteiger partial charge is 0.489 e. The van der Waals surface area contributed by atoms with Crippen molar-refractivity contribution < 1.29 is 19.1 Å². The Morgan fingerprint density at radius 2 is 1.69 bits per heavy atom. The Morgan fingerprint density at radius 1 is 0.978 bits per heavy atom. The van der Waals surface area contributed by atoms with E-state index in [1.807, 2.05) is 49.4 Å². The van der Waals surface area contributed by atoms with Crippen LogP contribution in [0.25, 0.3) is 6.08 Å². The van der Waals surface area contributed by atoms with Gasteiger partial charge in [-0.15, -0.1) is 11.3 Å². The molecule has 0 radical (unpaired) electrons. The van der Waals surface area contributed by atoms with Gasteiger partial charge in [0.25, 0.3) is 0 Å². The van der Waals surface area contributed by atoms with Crippen molar-refractivity contribution in [2.45, 2.75) is 92.2 Å². The maximum Gasteiger partial charge on any atom is 0.333 e. The van der Waals surface area contributed by atoms with Gasteiger partial charge in [0.2, 0.25) is 5.91 Å². The summed E-state index contributed by atoms with van der Waals surface area (Å²) >= 11 is 1.68. The second-order valence-electron chi connectivity index (χ2n) is 12.4. The minimum absolute atomic E-state index is 0.0581. The van der Waals surface area contributed by atoms with Crippen LogP contribution in [0.15, 0.2) is 71.8 Å². The molecular formula is C38H48N2O4S. The summed E-state index contributed by atoms with van der Waals surface area (Å²) in [5.74, 6) is 1.13. The van der Waals surface area contributed by atoms with Crippen molar-refractivity contribution in [3.05, 3.63) is 98.5 Å². The molecule has 240 valence electrons. The molecule has 1 atom stereocenters. The molecule has 0 unspecified atom stereocenters. The topological polar surface area (TPSA) is 77.5 Å². The number of rotatable bonds is 14. The van der Waals surface area contributed by atoms with Crippen LogP contribution in [0, 0.1) is 11.8 Å². The van der Waals surface area contributed by atoms with Crippen LogP contribution in [-0.2, 0) is 33.8 Å². The number of nitrogens with zero attached hydrogens (tertiary/aromatic N) is 1. The van der Waals surface area contributed by atoms with Crippen LogP contribution in [0.1, 0.15) is 99.5 Å². The van der Waals surface area contributed by atoms with Gasteiger partial charge in [0, 0.05) is 16.4 Å². The normalized spacial score (nSPS) is 15.2. The molecular weight excluding hydrogens is 580 g/mol. The summed E-state index contributed by atoms with van der Waals surface area (Å²) in [5.41, 5.74) is 4.62. The molecule has 1 amide bonds. The first-order valence-corrected chi connectivity index (χ1v) is 17.1. The summed E-state index contributed by atoms with van der Waals surface area (Å²) in [4.78, 5) is 32.0. The van der Waals surface area contributed by atoms with Crippen LogP contribution in [0.3, 0.4) is 0 Å². The molecule has 1 aliphatic rings. The molecule has 4 rings (SSSR count). The summed E-state index contributed by atoms with van der Waals surface area (Å²) in [7, 11) is 0. The summed E-state index contributed by atoms with van der Waals surface area (Å²) in [6.45, 7) is 10.8. The highest BCUT2D eigenvalue weighted by Gasteiger charge is 2.27. The fourth-order valence-electron chi connectivity index (χ4n) is 5.62. The van der Waals surface area contributed by atoms with Gasteiger partial charge >= 0.3 is 5.97 Å². The quantitative estimate of drug-likeness (QED) is 0.110. The number of benzene rings is 2. The van der Waals surface area contributed by atoms with E-state index in [-0.39, 0.29) is 23.8 Å². The lowest BCUT2D eigenvalue weighted by atomic mass is 9.88. The molecule has 1 saturated carbocycles. The highest BCUT2D eigenvalue weighted by molar-refractivity contribution is 7.11. The number of nitrogens with one attached hydrogen (secondary N) is 1. The number of aromatic nitrogens is 1. The number of thiazole rings is 1. The molecule has 0 bridgehead atoms. The van der Waals surface area contributed by atoms with Crippen molar-refractivity contribution >= 4 is 29.3 Å². The van der Waals surface area contributed by atoms with Gasteiger partial charge in [-0.2, -0.15) is 0 Å². The number of amides is 1. The van der Waals surface area contributed by atoms with Crippen molar-refractivity contribution in [2.24, 2.45) is 11.8 Å².